The van der Waals surface area contributed by atoms with E-state index in [-0.39, 0.29) is 0 Å². The summed E-state index contributed by atoms with van der Waals surface area (Å²) in [5.74, 6) is 0.712. The molecular weight excluding hydrogens is 494 g/mol. The van der Waals surface area contributed by atoms with E-state index in [2.05, 4.69) is 97.1 Å². The summed E-state index contributed by atoms with van der Waals surface area (Å²) >= 11 is 1.74. The summed E-state index contributed by atoms with van der Waals surface area (Å²) in [4.78, 5) is 14.8. The van der Waals surface area contributed by atoms with Crippen LogP contribution in [0, 0.1) is 0 Å². The Kier molecular flexibility index (Phi) is 6.00. The molecule has 4 heteroatoms. The molecule has 0 saturated heterocycles. The lowest BCUT2D eigenvalue weighted by Gasteiger charge is -2.10. The number of nitrogens with zero attached hydrogens (tertiary/aromatic N) is 3. The average Bonchev–Trinajstić information content (AvgIpc) is 3.47. The standard InChI is InChI=1S/C35H23N3S/c1-4-11-25(12-5-1)31-23-32(26-13-6-2-7-14-26)37-34(36-31)27-21-19-24(20-22-27)29-17-10-18-30-33(29)39-35(38-30)28-15-8-3-9-16-28/h1-23H. The molecule has 7 rings (SSSR count). The Morgan fingerprint density at radius 2 is 0.949 bits per heavy atom. The molecule has 0 unspecified atom stereocenters. The van der Waals surface area contributed by atoms with E-state index in [0.717, 1.165) is 49.7 Å². The van der Waals surface area contributed by atoms with Crippen LogP contribution in [-0.2, 0) is 0 Å². The summed E-state index contributed by atoms with van der Waals surface area (Å²) in [6.45, 7) is 0. The van der Waals surface area contributed by atoms with Gasteiger partial charge in [0.25, 0.3) is 0 Å². The van der Waals surface area contributed by atoms with Gasteiger partial charge in [0.05, 0.1) is 21.6 Å². The number of aromatic nitrogens is 3. The molecule has 184 valence electrons. The highest BCUT2D eigenvalue weighted by atomic mass is 32.1. The molecule has 0 atom stereocenters. The molecule has 0 spiro atoms. The fraction of sp³-hybridized carbons (Fsp3) is 0. The number of benzene rings is 5. The van der Waals surface area contributed by atoms with Crippen molar-refractivity contribution in [1.29, 1.82) is 0 Å². The maximum absolute atomic E-state index is 4.97. The quantitative estimate of drug-likeness (QED) is 0.228. The molecular formula is C35H23N3S. The highest BCUT2D eigenvalue weighted by Gasteiger charge is 2.13. The Balaban J connectivity index is 1.29. The Labute approximate surface area is 231 Å². The smallest absolute Gasteiger partial charge is 0.160 e. The molecule has 0 N–H and O–H groups in total. The minimum atomic E-state index is 0.712. The molecule has 2 heterocycles. The molecule has 3 nitrogen and oxygen atoms in total. The van der Waals surface area contributed by atoms with Crippen LogP contribution in [0.3, 0.4) is 0 Å². The summed E-state index contributed by atoms with van der Waals surface area (Å²) in [7, 11) is 0. The van der Waals surface area contributed by atoms with E-state index >= 15 is 0 Å². The lowest BCUT2D eigenvalue weighted by molar-refractivity contribution is 1.18. The average molecular weight is 518 g/mol. The van der Waals surface area contributed by atoms with Gasteiger partial charge in [-0.05, 0) is 17.7 Å². The zero-order chi connectivity index (χ0) is 26.0. The molecule has 0 radical (unpaired) electrons. The maximum atomic E-state index is 4.97. The monoisotopic (exact) mass is 517 g/mol. The highest BCUT2D eigenvalue weighted by molar-refractivity contribution is 7.22. The van der Waals surface area contributed by atoms with E-state index in [9.17, 15) is 0 Å². The second-order valence-corrected chi connectivity index (χ2v) is 10.3. The summed E-state index contributed by atoms with van der Waals surface area (Å²) in [5, 5.41) is 1.04. The first-order valence-electron chi connectivity index (χ1n) is 12.9. The molecule has 5 aromatic carbocycles. The molecule has 0 aliphatic carbocycles. The zero-order valence-corrected chi connectivity index (χ0v) is 21.8. The number of thiazole rings is 1. The van der Waals surface area contributed by atoms with Gasteiger partial charge >= 0.3 is 0 Å². The normalized spacial score (nSPS) is 11.1. The van der Waals surface area contributed by atoms with E-state index in [1.807, 2.05) is 42.5 Å². The topological polar surface area (TPSA) is 38.7 Å². The van der Waals surface area contributed by atoms with Crippen LogP contribution in [0.25, 0.3) is 65.8 Å². The van der Waals surface area contributed by atoms with Crippen LogP contribution in [0.4, 0.5) is 0 Å². The molecule has 0 aliphatic heterocycles. The summed E-state index contributed by atoms with van der Waals surface area (Å²) in [6, 6.07) is 47.9. The van der Waals surface area contributed by atoms with Gasteiger partial charge in [-0.1, -0.05) is 127 Å². The molecule has 0 aliphatic rings. The SMILES string of the molecule is c1ccc(-c2cc(-c3ccccc3)nc(-c3ccc(-c4cccc5nc(-c6ccccc6)sc45)cc3)n2)cc1. The zero-order valence-electron chi connectivity index (χ0n) is 21.0. The van der Waals surface area contributed by atoms with Gasteiger partial charge in [0.1, 0.15) is 5.01 Å². The van der Waals surface area contributed by atoms with E-state index < -0.39 is 0 Å². The first-order chi connectivity index (χ1) is 19.3. The van der Waals surface area contributed by atoms with Gasteiger partial charge in [0.2, 0.25) is 0 Å². The largest absolute Gasteiger partial charge is 0.236 e. The predicted molar refractivity (Wildman–Crippen MR) is 162 cm³/mol. The van der Waals surface area contributed by atoms with Crippen LogP contribution in [0.5, 0.6) is 0 Å². The predicted octanol–water partition coefficient (Wildman–Crippen LogP) is 9.42. The van der Waals surface area contributed by atoms with Crippen molar-refractivity contribution in [3.8, 4) is 55.6 Å². The molecule has 0 fully saturated rings. The van der Waals surface area contributed by atoms with Gasteiger partial charge < -0.3 is 0 Å². The number of fused-ring (bicyclic) bond motifs is 1. The van der Waals surface area contributed by atoms with Crippen LogP contribution in [-0.4, -0.2) is 15.0 Å². The Morgan fingerprint density at radius 3 is 1.54 bits per heavy atom. The number of rotatable bonds is 5. The van der Waals surface area contributed by atoms with E-state index in [1.54, 1.807) is 11.3 Å². The number of hydrogen-bond acceptors (Lipinski definition) is 4. The second-order valence-electron chi connectivity index (χ2n) is 9.31. The molecule has 0 amide bonds. The fourth-order valence-electron chi connectivity index (χ4n) is 4.77. The summed E-state index contributed by atoms with van der Waals surface area (Å²) in [6.07, 6.45) is 0. The van der Waals surface area contributed by atoms with Crippen molar-refractivity contribution in [3.05, 3.63) is 140 Å². The Morgan fingerprint density at radius 1 is 0.410 bits per heavy atom. The van der Waals surface area contributed by atoms with Crippen LogP contribution < -0.4 is 0 Å². The lowest BCUT2D eigenvalue weighted by Crippen LogP contribution is -1.95. The molecule has 39 heavy (non-hydrogen) atoms. The first-order valence-corrected chi connectivity index (χ1v) is 13.7. The number of hydrogen-bond donors (Lipinski definition) is 0. The fourth-order valence-corrected chi connectivity index (χ4v) is 5.87. The third-order valence-corrected chi connectivity index (χ3v) is 7.91. The first kappa shape index (κ1) is 23.2. The van der Waals surface area contributed by atoms with Crippen molar-refractivity contribution < 1.29 is 0 Å². The van der Waals surface area contributed by atoms with Crippen molar-refractivity contribution >= 4 is 21.6 Å². The van der Waals surface area contributed by atoms with Crippen LogP contribution in [0.2, 0.25) is 0 Å². The van der Waals surface area contributed by atoms with Crippen molar-refractivity contribution in [2.45, 2.75) is 0 Å². The van der Waals surface area contributed by atoms with Crippen LogP contribution in [0.15, 0.2) is 140 Å². The highest BCUT2D eigenvalue weighted by Crippen LogP contribution is 2.37. The molecule has 7 aromatic rings. The molecule has 0 saturated carbocycles. The van der Waals surface area contributed by atoms with Crippen molar-refractivity contribution in [3.63, 3.8) is 0 Å². The lowest BCUT2D eigenvalue weighted by atomic mass is 10.0. The van der Waals surface area contributed by atoms with Gasteiger partial charge in [-0.3, -0.25) is 0 Å². The third kappa shape index (κ3) is 4.63. The Hall–Kier alpha value is -4.93. The van der Waals surface area contributed by atoms with Crippen molar-refractivity contribution in [2.75, 3.05) is 0 Å². The van der Waals surface area contributed by atoms with Gasteiger partial charge in [0, 0.05) is 27.8 Å². The van der Waals surface area contributed by atoms with Gasteiger partial charge in [-0.15, -0.1) is 11.3 Å². The maximum Gasteiger partial charge on any atom is 0.160 e. The second kappa shape index (κ2) is 10.1. The van der Waals surface area contributed by atoms with E-state index in [4.69, 9.17) is 15.0 Å². The molecule has 0 bridgehead atoms. The van der Waals surface area contributed by atoms with Gasteiger partial charge in [-0.2, -0.15) is 0 Å². The van der Waals surface area contributed by atoms with E-state index in [1.165, 1.54) is 10.3 Å². The van der Waals surface area contributed by atoms with Gasteiger partial charge in [-0.25, -0.2) is 15.0 Å². The molecule has 2 aromatic heterocycles. The van der Waals surface area contributed by atoms with E-state index in [0.29, 0.717) is 5.82 Å². The van der Waals surface area contributed by atoms with Crippen LogP contribution in [0.1, 0.15) is 0 Å². The van der Waals surface area contributed by atoms with Crippen molar-refractivity contribution in [1.82, 2.24) is 15.0 Å². The minimum Gasteiger partial charge on any atom is -0.236 e. The summed E-state index contributed by atoms with van der Waals surface area (Å²) in [5.41, 5.74) is 9.43. The van der Waals surface area contributed by atoms with Crippen molar-refractivity contribution in [2.24, 2.45) is 0 Å². The Bertz CT molecular complexity index is 1820. The van der Waals surface area contributed by atoms with Crippen LogP contribution >= 0.6 is 11.3 Å². The minimum absolute atomic E-state index is 0.712. The third-order valence-electron chi connectivity index (χ3n) is 6.76. The summed E-state index contributed by atoms with van der Waals surface area (Å²) < 4.78 is 1.19. The van der Waals surface area contributed by atoms with Gasteiger partial charge in [0.15, 0.2) is 5.82 Å².